The van der Waals surface area contributed by atoms with Crippen LogP contribution in [0.1, 0.15) is 45.1 Å². The van der Waals surface area contributed by atoms with E-state index in [1.165, 1.54) is 18.4 Å². The summed E-state index contributed by atoms with van der Waals surface area (Å²) in [5.41, 5.74) is 1.33. The SMILES string of the molecule is CC1(C)CCC(Cn2cc(CNC3CC3)cn2)O1. The van der Waals surface area contributed by atoms with Gasteiger partial charge in [0.25, 0.3) is 0 Å². The number of hydrogen-bond donors (Lipinski definition) is 1. The van der Waals surface area contributed by atoms with E-state index >= 15 is 0 Å². The van der Waals surface area contributed by atoms with Crippen molar-refractivity contribution >= 4 is 0 Å². The van der Waals surface area contributed by atoms with E-state index in [1.807, 2.05) is 10.9 Å². The second kappa shape index (κ2) is 4.67. The summed E-state index contributed by atoms with van der Waals surface area (Å²) < 4.78 is 8.02. The molecule has 4 heteroatoms. The highest BCUT2D eigenvalue weighted by atomic mass is 16.5. The fourth-order valence-electron chi connectivity index (χ4n) is 2.56. The minimum Gasteiger partial charge on any atom is -0.370 e. The lowest BCUT2D eigenvalue weighted by molar-refractivity contribution is -0.0229. The maximum absolute atomic E-state index is 5.99. The van der Waals surface area contributed by atoms with Crippen LogP contribution in [0.5, 0.6) is 0 Å². The molecule has 1 aromatic rings. The molecule has 1 N–H and O–H groups in total. The van der Waals surface area contributed by atoms with Crippen LogP contribution in [0, 0.1) is 0 Å². The maximum Gasteiger partial charge on any atom is 0.0779 e. The largest absolute Gasteiger partial charge is 0.370 e. The summed E-state index contributed by atoms with van der Waals surface area (Å²) in [6.45, 7) is 6.16. The Morgan fingerprint density at radius 2 is 2.28 bits per heavy atom. The van der Waals surface area contributed by atoms with Gasteiger partial charge in [0.15, 0.2) is 0 Å². The lowest BCUT2D eigenvalue weighted by Crippen LogP contribution is -2.23. The van der Waals surface area contributed by atoms with Crippen molar-refractivity contribution in [3.05, 3.63) is 18.0 Å². The molecule has 100 valence electrons. The third-order valence-electron chi connectivity index (χ3n) is 3.80. The molecule has 1 atom stereocenters. The van der Waals surface area contributed by atoms with E-state index in [9.17, 15) is 0 Å². The number of rotatable bonds is 5. The summed E-state index contributed by atoms with van der Waals surface area (Å²) in [4.78, 5) is 0. The Morgan fingerprint density at radius 3 is 2.94 bits per heavy atom. The van der Waals surface area contributed by atoms with E-state index in [4.69, 9.17) is 4.74 Å². The van der Waals surface area contributed by atoms with Gasteiger partial charge in [0, 0.05) is 24.3 Å². The molecular weight excluding hydrogens is 226 g/mol. The molecule has 3 rings (SSSR count). The standard InChI is InChI=1S/C14H23N3O/c1-14(2)6-5-13(18-14)10-17-9-11(8-16-17)7-15-12-3-4-12/h8-9,12-13,15H,3-7,10H2,1-2H3. The Labute approximate surface area is 109 Å². The molecule has 1 unspecified atom stereocenters. The van der Waals surface area contributed by atoms with E-state index in [0.717, 1.165) is 32.0 Å². The van der Waals surface area contributed by atoms with Gasteiger partial charge in [-0.1, -0.05) is 0 Å². The lowest BCUT2D eigenvalue weighted by Gasteiger charge is -2.19. The molecule has 1 saturated heterocycles. The summed E-state index contributed by atoms with van der Waals surface area (Å²) in [6, 6.07) is 0.757. The van der Waals surface area contributed by atoms with E-state index in [0.29, 0.717) is 6.10 Å². The zero-order valence-electron chi connectivity index (χ0n) is 11.4. The number of ether oxygens (including phenoxy) is 1. The maximum atomic E-state index is 5.99. The highest BCUT2D eigenvalue weighted by Gasteiger charge is 2.31. The normalized spacial score (nSPS) is 26.7. The quantitative estimate of drug-likeness (QED) is 0.868. The highest BCUT2D eigenvalue weighted by molar-refractivity contribution is 5.04. The van der Waals surface area contributed by atoms with E-state index < -0.39 is 0 Å². The van der Waals surface area contributed by atoms with Crippen molar-refractivity contribution in [1.82, 2.24) is 15.1 Å². The number of nitrogens with zero attached hydrogens (tertiary/aromatic N) is 2. The van der Waals surface area contributed by atoms with Crippen LogP contribution < -0.4 is 5.32 Å². The second-order valence-corrected chi connectivity index (χ2v) is 6.26. The predicted molar refractivity (Wildman–Crippen MR) is 70.3 cm³/mol. The molecule has 0 amide bonds. The zero-order chi connectivity index (χ0) is 12.6. The summed E-state index contributed by atoms with van der Waals surface area (Å²) in [5, 5.41) is 7.93. The van der Waals surface area contributed by atoms with Crippen LogP contribution in [0.3, 0.4) is 0 Å². The molecule has 18 heavy (non-hydrogen) atoms. The third-order valence-corrected chi connectivity index (χ3v) is 3.80. The molecule has 2 aliphatic rings. The molecule has 1 aliphatic heterocycles. The van der Waals surface area contributed by atoms with Crippen LogP contribution in [-0.4, -0.2) is 27.5 Å². The van der Waals surface area contributed by atoms with E-state index in [-0.39, 0.29) is 5.60 Å². The van der Waals surface area contributed by atoms with Crippen molar-refractivity contribution in [2.45, 2.75) is 70.4 Å². The third kappa shape index (κ3) is 3.12. The van der Waals surface area contributed by atoms with Gasteiger partial charge in [0.2, 0.25) is 0 Å². The fourth-order valence-corrected chi connectivity index (χ4v) is 2.56. The Balaban J connectivity index is 1.50. The van der Waals surface area contributed by atoms with E-state index in [1.54, 1.807) is 0 Å². The van der Waals surface area contributed by atoms with Crippen molar-refractivity contribution in [3.63, 3.8) is 0 Å². The predicted octanol–water partition coefficient (Wildman–Crippen LogP) is 2.09. The first-order valence-corrected chi connectivity index (χ1v) is 7.03. The Hall–Kier alpha value is -0.870. The van der Waals surface area contributed by atoms with Gasteiger partial charge < -0.3 is 10.1 Å². The summed E-state index contributed by atoms with van der Waals surface area (Å²) >= 11 is 0. The highest BCUT2D eigenvalue weighted by Crippen LogP contribution is 2.30. The van der Waals surface area contributed by atoms with Crippen LogP contribution in [0.4, 0.5) is 0 Å². The Morgan fingerprint density at radius 1 is 1.44 bits per heavy atom. The molecule has 1 aliphatic carbocycles. The number of hydrogen-bond acceptors (Lipinski definition) is 3. The molecular formula is C14H23N3O. The van der Waals surface area contributed by atoms with Crippen molar-refractivity contribution in [2.75, 3.05) is 0 Å². The van der Waals surface area contributed by atoms with Crippen LogP contribution >= 0.6 is 0 Å². The molecule has 2 fully saturated rings. The van der Waals surface area contributed by atoms with Gasteiger partial charge >= 0.3 is 0 Å². The minimum atomic E-state index is 0.0498. The van der Waals surface area contributed by atoms with Crippen molar-refractivity contribution in [3.8, 4) is 0 Å². The summed E-state index contributed by atoms with van der Waals surface area (Å²) in [7, 11) is 0. The average molecular weight is 249 g/mol. The summed E-state index contributed by atoms with van der Waals surface area (Å²) in [5.74, 6) is 0. The minimum absolute atomic E-state index is 0.0498. The molecule has 2 heterocycles. The van der Waals surface area contributed by atoms with Gasteiger partial charge in [-0.2, -0.15) is 5.10 Å². The smallest absolute Gasteiger partial charge is 0.0779 e. The summed E-state index contributed by atoms with van der Waals surface area (Å²) in [6.07, 6.45) is 9.39. The lowest BCUT2D eigenvalue weighted by atomic mass is 10.1. The van der Waals surface area contributed by atoms with Crippen molar-refractivity contribution in [2.24, 2.45) is 0 Å². The molecule has 4 nitrogen and oxygen atoms in total. The van der Waals surface area contributed by atoms with Crippen molar-refractivity contribution < 1.29 is 4.74 Å². The van der Waals surface area contributed by atoms with Crippen LogP contribution in [-0.2, 0) is 17.8 Å². The van der Waals surface area contributed by atoms with E-state index in [2.05, 4.69) is 30.5 Å². The van der Waals surface area contributed by atoms with Gasteiger partial charge in [0.1, 0.15) is 0 Å². The van der Waals surface area contributed by atoms with Gasteiger partial charge in [-0.05, 0) is 39.5 Å². The van der Waals surface area contributed by atoms with Gasteiger partial charge in [-0.25, -0.2) is 0 Å². The number of aromatic nitrogens is 2. The first-order valence-electron chi connectivity index (χ1n) is 7.03. The molecule has 0 spiro atoms. The zero-order valence-corrected chi connectivity index (χ0v) is 11.4. The molecule has 0 radical (unpaired) electrons. The first-order chi connectivity index (χ1) is 8.61. The number of nitrogens with one attached hydrogen (secondary N) is 1. The first kappa shape index (κ1) is 12.2. The van der Waals surface area contributed by atoms with Gasteiger partial charge in [-0.15, -0.1) is 0 Å². The van der Waals surface area contributed by atoms with Crippen molar-refractivity contribution in [1.29, 1.82) is 0 Å². The average Bonchev–Trinajstić information content (AvgIpc) is 2.94. The fraction of sp³-hybridized carbons (Fsp3) is 0.786. The second-order valence-electron chi connectivity index (χ2n) is 6.26. The molecule has 1 aromatic heterocycles. The van der Waals surface area contributed by atoms with Gasteiger partial charge in [0.05, 0.1) is 24.4 Å². The topological polar surface area (TPSA) is 39.1 Å². The van der Waals surface area contributed by atoms with Crippen LogP contribution in [0.15, 0.2) is 12.4 Å². The Bertz CT molecular complexity index is 409. The monoisotopic (exact) mass is 249 g/mol. The van der Waals surface area contributed by atoms with Gasteiger partial charge in [-0.3, -0.25) is 4.68 Å². The van der Waals surface area contributed by atoms with Crippen LogP contribution in [0.2, 0.25) is 0 Å². The Kier molecular flexibility index (Phi) is 3.16. The molecule has 0 aromatic carbocycles. The van der Waals surface area contributed by atoms with Crippen LogP contribution in [0.25, 0.3) is 0 Å². The molecule has 1 saturated carbocycles. The molecule has 0 bridgehead atoms.